The summed E-state index contributed by atoms with van der Waals surface area (Å²) in [6.45, 7) is 10.9. The standard InChI is InChI=1S/C14H22N4O/c1-9-6-16-18(8-9)12(4)10(2)15-7-14-17-11(3)13(5)19-14/h6,8,10,12,15H,7H2,1-5H3. The maximum Gasteiger partial charge on any atom is 0.208 e. The van der Waals surface area contributed by atoms with Crippen LogP contribution in [-0.2, 0) is 6.54 Å². The van der Waals surface area contributed by atoms with Crippen molar-refractivity contribution in [3.63, 3.8) is 0 Å². The highest BCUT2D eigenvalue weighted by Crippen LogP contribution is 2.12. The first-order valence-electron chi connectivity index (χ1n) is 6.64. The molecule has 2 aromatic rings. The highest BCUT2D eigenvalue weighted by atomic mass is 16.4. The third-order valence-electron chi connectivity index (χ3n) is 3.52. The molecule has 0 aliphatic heterocycles. The van der Waals surface area contributed by atoms with Gasteiger partial charge in [0, 0.05) is 12.2 Å². The molecule has 5 nitrogen and oxygen atoms in total. The van der Waals surface area contributed by atoms with Crippen molar-refractivity contribution in [2.75, 3.05) is 0 Å². The molecular weight excluding hydrogens is 240 g/mol. The molecule has 5 heteroatoms. The van der Waals surface area contributed by atoms with Gasteiger partial charge in [0.1, 0.15) is 5.76 Å². The van der Waals surface area contributed by atoms with Gasteiger partial charge >= 0.3 is 0 Å². The molecule has 0 fully saturated rings. The van der Waals surface area contributed by atoms with Crippen LogP contribution in [0.15, 0.2) is 16.8 Å². The highest BCUT2D eigenvalue weighted by Gasteiger charge is 2.15. The molecule has 0 saturated heterocycles. The first-order valence-corrected chi connectivity index (χ1v) is 6.64. The molecular formula is C14H22N4O. The highest BCUT2D eigenvalue weighted by molar-refractivity contribution is 5.05. The Labute approximate surface area is 114 Å². The van der Waals surface area contributed by atoms with Crippen LogP contribution in [0, 0.1) is 20.8 Å². The van der Waals surface area contributed by atoms with E-state index >= 15 is 0 Å². The fourth-order valence-electron chi connectivity index (χ4n) is 1.92. The van der Waals surface area contributed by atoms with E-state index in [1.54, 1.807) is 0 Å². The summed E-state index contributed by atoms with van der Waals surface area (Å²) >= 11 is 0. The Morgan fingerprint density at radius 3 is 2.58 bits per heavy atom. The van der Waals surface area contributed by atoms with Crippen molar-refractivity contribution in [3.05, 3.63) is 35.3 Å². The zero-order valence-electron chi connectivity index (χ0n) is 12.3. The van der Waals surface area contributed by atoms with Gasteiger partial charge in [-0.1, -0.05) is 0 Å². The second kappa shape index (κ2) is 5.57. The zero-order chi connectivity index (χ0) is 14.0. The number of rotatable bonds is 5. The SMILES string of the molecule is Cc1cnn(C(C)C(C)NCc2nc(C)c(C)o2)c1. The van der Waals surface area contributed by atoms with Crippen molar-refractivity contribution in [2.45, 2.75) is 53.2 Å². The van der Waals surface area contributed by atoms with Crippen molar-refractivity contribution in [2.24, 2.45) is 0 Å². The molecule has 2 atom stereocenters. The van der Waals surface area contributed by atoms with Gasteiger partial charge in [-0.25, -0.2) is 4.98 Å². The van der Waals surface area contributed by atoms with Gasteiger partial charge in [0.15, 0.2) is 0 Å². The molecule has 0 aromatic carbocycles. The zero-order valence-corrected chi connectivity index (χ0v) is 12.3. The van der Waals surface area contributed by atoms with Crippen molar-refractivity contribution in [3.8, 4) is 0 Å². The fraction of sp³-hybridized carbons (Fsp3) is 0.571. The first kappa shape index (κ1) is 13.8. The third-order valence-corrected chi connectivity index (χ3v) is 3.52. The van der Waals surface area contributed by atoms with Crippen LogP contribution < -0.4 is 5.32 Å². The van der Waals surface area contributed by atoms with Crippen LogP contribution in [0.2, 0.25) is 0 Å². The van der Waals surface area contributed by atoms with Crippen molar-refractivity contribution in [1.82, 2.24) is 20.1 Å². The second-order valence-corrected chi connectivity index (χ2v) is 5.16. The largest absolute Gasteiger partial charge is 0.444 e. The van der Waals surface area contributed by atoms with Crippen LogP contribution in [0.3, 0.4) is 0 Å². The topological polar surface area (TPSA) is 55.9 Å². The molecule has 0 radical (unpaired) electrons. The molecule has 0 aliphatic rings. The Morgan fingerprint density at radius 2 is 2.05 bits per heavy atom. The van der Waals surface area contributed by atoms with E-state index in [1.165, 1.54) is 5.56 Å². The summed E-state index contributed by atoms with van der Waals surface area (Å²) in [6, 6.07) is 0.567. The second-order valence-electron chi connectivity index (χ2n) is 5.16. The molecule has 2 heterocycles. The van der Waals surface area contributed by atoms with Gasteiger partial charge in [-0.2, -0.15) is 5.10 Å². The monoisotopic (exact) mass is 262 g/mol. The van der Waals surface area contributed by atoms with Crippen LogP contribution in [0.1, 0.15) is 42.8 Å². The predicted molar refractivity (Wildman–Crippen MR) is 74.0 cm³/mol. The molecule has 2 unspecified atom stereocenters. The first-order chi connectivity index (χ1) is 8.97. The summed E-state index contributed by atoms with van der Waals surface area (Å²) < 4.78 is 7.54. The lowest BCUT2D eigenvalue weighted by Gasteiger charge is -2.21. The number of aromatic nitrogens is 3. The van der Waals surface area contributed by atoms with Gasteiger partial charge in [-0.3, -0.25) is 4.68 Å². The smallest absolute Gasteiger partial charge is 0.208 e. The van der Waals surface area contributed by atoms with Gasteiger partial charge in [0.25, 0.3) is 0 Å². The number of hydrogen-bond acceptors (Lipinski definition) is 4. The van der Waals surface area contributed by atoms with E-state index in [0.29, 0.717) is 6.54 Å². The molecule has 0 amide bonds. The summed E-state index contributed by atoms with van der Waals surface area (Å²) in [6.07, 6.45) is 3.94. The summed E-state index contributed by atoms with van der Waals surface area (Å²) in [4.78, 5) is 4.37. The van der Waals surface area contributed by atoms with E-state index in [4.69, 9.17) is 4.42 Å². The molecule has 104 valence electrons. The number of nitrogens with one attached hydrogen (secondary N) is 1. The van der Waals surface area contributed by atoms with E-state index in [1.807, 2.05) is 31.6 Å². The molecule has 0 bridgehead atoms. The van der Waals surface area contributed by atoms with Crippen LogP contribution in [-0.4, -0.2) is 20.8 Å². The Kier molecular flexibility index (Phi) is 4.04. The number of hydrogen-bond donors (Lipinski definition) is 1. The van der Waals surface area contributed by atoms with E-state index < -0.39 is 0 Å². The average molecular weight is 262 g/mol. The van der Waals surface area contributed by atoms with E-state index in [2.05, 4.69) is 35.4 Å². The summed E-state index contributed by atoms with van der Waals surface area (Å²) in [5, 5.41) is 7.78. The van der Waals surface area contributed by atoms with Crippen LogP contribution in [0.4, 0.5) is 0 Å². The van der Waals surface area contributed by atoms with Crippen LogP contribution in [0.5, 0.6) is 0 Å². The summed E-state index contributed by atoms with van der Waals surface area (Å²) in [5.41, 5.74) is 2.14. The maximum atomic E-state index is 5.56. The number of aryl methyl sites for hydroxylation is 3. The average Bonchev–Trinajstić information content (AvgIpc) is 2.93. The lowest BCUT2D eigenvalue weighted by molar-refractivity contribution is 0.345. The van der Waals surface area contributed by atoms with Gasteiger partial charge in [-0.15, -0.1) is 0 Å². The molecule has 19 heavy (non-hydrogen) atoms. The van der Waals surface area contributed by atoms with Gasteiger partial charge in [-0.05, 0) is 40.2 Å². The quantitative estimate of drug-likeness (QED) is 0.899. The van der Waals surface area contributed by atoms with E-state index in [0.717, 1.165) is 17.3 Å². The molecule has 2 aromatic heterocycles. The Bertz CT molecular complexity index is 524. The van der Waals surface area contributed by atoms with Crippen molar-refractivity contribution in [1.29, 1.82) is 0 Å². The molecule has 0 saturated carbocycles. The van der Waals surface area contributed by atoms with Crippen molar-refractivity contribution >= 4 is 0 Å². The molecule has 1 N–H and O–H groups in total. The van der Waals surface area contributed by atoms with Crippen LogP contribution >= 0.6 is 0 Å². The minimum absolute atomic E-state index is 0.283. The Balaban J connectivity index is 1.92. The Hall–Kier alpha value is -1.62. The number of oxazole rings is 1. The lowest BCUT2D eigenvalue weighted by atomic mass is 10.2. The summed E-state index contributed by atoms with van der Waals surface area (Å²) in [5.74, 6) is 1.63. The van der Waals surface area contributed by atoms with Gasteiger partial charge < -0.3 is 9.73 Å². The maximum absolute atomic E-state index is 5.56. The molecule has 0 spiro atoms. The predicted octanol–water partition coefficient (Wildman–Crippen LogP) is 2.54. The lowest BCUT2D eigenvalue weighted by Crippen LogP contribution is -2.33. The van der Waals surface area contributed by atoms with E-state index in [9.17, 15) is 0 Å². The number of nitrogens with zero attached hydrogens (tertiary/aromatic N) is 3. The minimum atomic E-state index is 0.283. The minimum Gasteiger partial charge on any atom is -0.444 e. The third kappa shape index (κ3) is 3.23. The fourth-order valence-corrected chi connectivity index (χ4v) is 1.92. The van der Waals surface area contributed by atoms with Gasteiger partial charge in [0.05, 0.1) is 24.5 Å². The normalized spacial score (nSPS) is 14.6. The van der Waals surface area contributed by atoms with Crippen molar-refractivity contribution < 1.29 is 4.42 Å². The Morgan fingerprint density at radius 1 is 1.32 bits per heavy atom. The van der Waals surface area contributed by atoms with E-state index in [-0.39, 0.29) is 12.1 Å². The molecule has 2 rings (SSSR count). The molecule has 0 aliphatic carbocycles. The summed E-state index contributed by atoms with van der Waals surface area (Å²) in [7, 11) is 0. The van der Waals surface area contributed by atoms with Crippen LogP contribution in [0.25, 0.3) is 0 Å². The van der Waals surface area contributed by atoms with Gasteiger partial charge in [0.2, 0.25) is 5.89 Å².